The Labute approximate surface area is 149 Å². The minimum absolute atomic E-state index is 0.165. The van der Waals surface area contributed by atoms with Gasteiger partial charge in [0.1, 0.15) is 5.82 Å². The van der Waals surface area contributed by atoms with Crippen LogP contribution in [0.3, 0.4) is 0 Å². The predicted octanol–water partition coefficient (Wildman–Crippen LogP) is 1.05. The summed E-state index contributed by atoms with van der Waals surface area (Å²) in [7, 11) is 0. The molecule has 0 aliphatic heterocycles. The standard InChI is InChI=1S/C15H22N6O3S/c1-4-6-16-11-10-9-18-21(12(10)20-15(19-11)25-3)8-7-17-13(22)14(23)24-5-2/h9H,4-8H2,1-3H3,(H,17,22)(H,16,19,20). The molecular weight excluding hydrogens is 344 g/mol. The van der Waals surface area contributed by atoms with Crippen LogP contribution < -0.4 is 10.6 Å². The van der Waals surface area contributed by atoms with Gasteiger partial charge in [-0.05, 0) is 19.6 Å². The van der Waals surface area contributed by atoms with Crippen LogP contribution in [-0.2, 0) is 20.9 Å². The van der Waals surface area contributed by atoms with Crippen LogP contribution in [0.15, 0.2) is 11.4 Å². The van der Waals surface area contributed by atoms with E-state index in [1.807, 2.05) is 6.26 Å². The summed E-state index contributed by atoms with van der Waals surface area (Å²) in [6, 6.07) is 0. The molecule has 0 atom stereocenters. The second-order valence-corrected chi connectivity index (χ2v) is 5.84. The fourth-order valence-electron chi connectivity index (χ4n) is 2.11. The van der Waals surface area contributed by atoms with Crippen molar-refractivity contribution in [2.75, 3.05) is 31.3 Å². The van der Waals surface area contributed by atoms with Crippen molar-refractivity contribution >= 4 is 40.5 Å². The molecule has 0 saturated carbocycles. The highest BCUT2D eigenvalue weighted by molar-refractivity contribution is 7.98. The largest absolute Gasteiger partial charge is 0.459 e. The zero-order valence-corrected chi connectivity index (χ0v) is 15.4. The van der Waals surface area contributed by atoms with Crippen LogP contribution in [-0.4, -0.2) is 57.6 Å². The van der Waals surface area contributed by atoms with Crippen molar-refractivity contribution in [2.45, 2.75) is 32.0 Å². The molecule has 9 nitrogen and oxygen atoms in total. The summed E-state index contributed by atoms with van der Waals surface area (Å²) >= 11 is 1.45. The number of carbonyl (C=O) groups is 2. The first-order valence-electron chi connectivity index (χ1n) is 8.07. The molecule has 10 heteroatoms. The number of fused-ring (bicyclic) bond motifs is 1. The summed E-state index contributed by atoms with van der Waals surface area (Å²) < 4.78 is 6.32. The molecule has 136 valence electrons. The second kappa shape index (κ2) is 9.21. The summed E-state index contributed by atoms with van der Waals surface area (Å²) in [6.07, 6.45) is 4.59. The first-order valence-corrected chi connectivity index (χ1v) is 9.29. The number of nitrogens with zero attached hydrogens (tertiary/aromatic N) is 4. The van der Waals surface area contributed by atoms with Crippen molar-refractivity contribution in [1.29, 1.82) is 0 Å². The molecule has 0 aliphatic carbocycles. The summed E-state index contributed by atoms with van der Waals surface area (Å²) in [5, 5.41) is 11.6. The number of hydrogen-bond acceptors (Lipinski definition) is 8. The van der Waals surface area contributed by atoms with Gasteiger partial charge in [-0.3, -0.25) is 4.79 Å². The highest BCUT2D eigenvalue weighted by Crippen LogP contribution is 2.23. The van der Waals surface area contributed by atoms with E-state index < -0.39 is 11.9 Å². The first kappa shape index (κ1) is 19.0. The lowest BCUT2D eigenvalue weighted by Crippen LogP contribution is -2.34. The van der Waals surface area contributed by atoms with Gasteiger partial charge in [0.15, 0.2) is 10.8 Å². The van der Waals surface area contributed by atoms with Crippen LogP contribution in [0.1, 0.15) is 20.3 Å². The van der Waals surface area contributed by atoms with Crippen molar-refractivity contribution < 1.29 is 14.3 Å². The summed E-state index contributed by atoms with van der Waals surface area (Å²) in [5.74, 6) is -0.896. The van der Waals surface area contributed by atoms with Crippen LogP contribution in [0.5, 0.6) is 0 Å². The normalized spacial score (nSPS) is 10.7. The van der Waals surface area contributed by atoms with E-state index in [2.05, 4.69) is 37.4 Å². The maximum Gasteiger partial charge on any atom is 0.396 e. The Bertz CT molecular complexity index is 748. The lowest BCUT2D eigenvalue weighted by Gasteiger charge is -2.08. The SMILES string of the molecule is CCCNc1nc(SC)nc2c1cnn2CCNC(=O)C(=O)OCC. The number of thioether (sulfide) groups is 1. The van der Waals surface area contributed by atoms with Crippen molar-refractivity contribution in [3.8, 4) is 0 Å². The second-order valence-electron chi connectivity index (χ2n) is 5.07. The Morgan fingerprint density at radius 3 is 2.76 bits per heavy atom. The molecule has 0 aliphatic rings. The summed E-state index contributed by atoms with van der Waals surface area (Å²) in [5.41, 5.74) is 0.684. The number of esters is 1. The van der Waals surface area contributed by atoms with Crippen LogP contribution >= 0.6 is 11.8 Å². The molecule has 2 aromatic rings. The number of amides is 1. The van der Waals surface area contributed by atoms with Gasteiger partial charge >= 0.3 is 11.9 Å². The van der Waals surface area contributed by atoms with Crippen molar-refractivity contribution in [2.24, 2.45) is 0 Å². The Morgan fingerprint density at radius 1 is 1.28 bits per heavy atom. The third-order valence-electron chi connectivity index (χ3n) is 3.27. The van der Waals surface area contributed by atoms with Gasteiger partial charge in [-0.1, -0.05) is 18.7 Å². The zero-order valence-electron chi connectivity index (χ0n) is 14.5. The van der Waals surface area contributed by atoms with E-state index in [4.69, 9.17) is 0 Å². The number of hydrogen-bond donors (Lipinski definition) is 2. The highest BCUT2D eigenvalue weighted by Gasteiger charge is 2.15. The lowest BCUT2D eigenvalue weighted by molar-refractivity contribution is -0.154. The maximum absolute atomic E-state index is 11.5. The Hall–Kier alpha value is -2.36. The molecule has 0 saturated heterocycles. The summed E-state index contributed by atoms with van der Waals surface area (Å²) in [6.45, 7) is 5.32. The van der Waals surface area contributed by atoms with E-state index in [-0.39, 0.29) is 13.2 Å². The molecule has 0 fully saturated rings. The first-order chi connectivity index (χ1) is 12.1. The van der Waals surface area contributed by atoms with Crippen molar-refractivity contribution in [3.63, 3.8) is 0 Å². The van der Waals surface area contributed by atoms with E-state index >= 15 is 0 Å². The molecule has 25 heavy (non-hydrogen) atoms. The average molecular weight is 366 g/mol. The zero-order chi connectivity index (χ0) is 18.2. The average Bonchev–Trinajstić information content (AvgIpc) is 3.02. The molecule has 2 N–H and O–H groups in total. The Balaban J connectivity index is 2.11. The van der Waals surface area contributed by atoms with Crippen LogP contribution in [0.25, 0.3) is 11.0 Å². The van der Waals surface area contributed by atoms with Gasteiger partial charge in [0, 0.05) is 13.1 Å². The Morgan fingerprint density at radius 2 is 2.08 bits per heavy atom. The fraction of sp³-hybridized carbons (Fsp3) is 0.533. The van der Waals surface area contributed by atoms with E-state index in [1.54, 1.807) is 17.8 Å². The predicted molar refractivity (Wildman–Crippen MR) is 95.5 cm³/mol. The quantitative estimate of drug-likeness (QED) is 0.309. The summed E-state index contributed by atoms with van der Waals surface area (Å²) in [4.78, 5) is 31.8. The van der Waals surface area contributed by atoms with Gasteiger partial charge in [0.05, 0.1) is 24.7 Å². The number of nitrogens with one attached hydrogen (secondary N) is 2. The van der Waals surface area contributed by atoms with Gasteiger partial charge in [-0.2, -0.15) is 5.10 Å². The molecule has 0 radical (unpaired) electrons. The van der Waals surface area contributed by atoms with Gasteiger partial charge in [0.25, 0.3) is 0 Å². The lowest BCUT2D eigenvalue weighted by atomic mass is 10.3. The van der Waals surface area contributed by atoms with Gasteiger partial charge in [0.2, 0.25) is 0 Å². The number of aromatic nitrogens is 4. The topological polar surface area (TPSA) is 111 Å². The number of rotatable bonds is 8. The minimum atomic E-state index is -0.883. The van der Waals surface area contributed by atoms with E-state index in [0.29, 0.717) is 17.3 Å². The van der Waals surface area contributed by atoms with Gasteiger partial charge < -0.3 is 15.4 Å². The molecule has 0 unspecified atom stereocenters. The monoisotopic (exact) mass is 366 g/mol. The van der Waals surface area contributed by atoms with E-state index in [0.717, 1.165) is 24.2 Å². The highest BCUT2D eigenvalue weighted by atomic mass is 32.2. The maximum atomic E-state index is 11.5. The molecule has 0 spiro atoms. The van der Waals surface area contributed by atoms with Crippen molar-refractivity contribution in [1.82, 2.24) is 25.1 Å². The molecule has 0 bridgehead atoms. The number of anilines is 1. The smallest absolute Gasteiger partial charge is 0.396 e. The van der Waals surface area contributed by atoms with Crippen LogP contribution in [0, 0.1) is 0 Å². The third-order valence-corrected chi connectivity index (χ3v) is 3.82. The number of ether oxygens (including phenoxy) is 1. The van der Waals surface area contributed by atoms with E-state index in [1.165, 1.54) is 11.8 Å². The van der Waals surface area contributed by atoms with Crippen LogP contribution in [0.2, 0.25) is 0 Å². The van der Waals surface area contributed by atoms with E-state index in [9.17, 15) is 9.59 Å². The molecular formula is C15H22N6O3S. The van der Waals surface area contributed by atoms with Gasteiger partial charge in [-0.15, -0.1) is 0 Å². The molecule has 2 aromatic heterocycles. The Kier molecular flexibility index (Phi) is 6.99. The molecule has 2 rings (SSSR count). The third kappa shape index (κ3) is 4.81. The molecule has 1 amide bonds. The molecule has 0 aromatic carbocycles. The number of carbonyl (C=O) groups excluding carboxylic acids is 2. The van der Waals surface area contributed by atoms with Gasteiger partial charge in [-0.25, -0.2) is 19.4 Å². The van der Waals surface area contributed by atoms with Crippen LogP contribution in [0.4, 0.5) is 5.82 Å². The molecule has 2 heterocycles. The van der Waals surface area contributed by atoms with Crippen molar-refractivity contribution in [3.05, 3.63) is 6.20 Å². The minimum Gasteiger partial charge on any atom is -0.459 e. The fourth-order valence-corrected chi connectivity index (χ4v) is 2.47.